The number of benzene rings is 2. The smallest absolute Gasteiger partial charge is 0.321 e. The quantitative estimate of drug-likeness (QED) is 0.493. The van der Waals surface area contributed by atoms with Crippen molar-refractivity contribution >= 4 is 67.3 Å². The van der Waals surface area contributed by atoms with Crippen molar-refractivity contribution in [2.75, 3.05) is 16.0 Å². The molecule has 0 unspecified atom stereocenters. The number of nitrogens with one attached hydrogen (secondary N) is 3. The SMILES string of the molecule is O=C(Nc1cccc(Cl)c1)Nc1nc(C(=O)Nc2ccc(Br)cc2)cs1. The molecule has 1 heterocycles. The van der Waals surface area contributed by atoms with Gasteiger partial charge in [0.15, 0.2) is 5.13 Å². The second-order valence-electron chi connectivity index (χ2n) is 5.09. The van der Waals surface area contributed by atoms with E-state index in [1.807, 2.05) is 12.1 Å². The van der Waals surface area contributed by atoms with E-state index in [9.17, 15) is 9.59 Å². The van der Waals surface area contributed by atoms with Crippen LogP contribution >= 0.6 is 38.9 Å². The third kappa shape index (κ3) is 5.04. The monoisotopic (exact) mass is 450 g/mol. The van der Waals surface area contributed by atoms with E-state index in [1.165, 1.54) is 0 Å². The highest BCUT2D eigenvalue weighted by atomic mass is 79.9. The van der Waals surface area contributed by atoms with Crippen LogP contribution < -0.4 is 16.0 Å². The van der Waals surface area contributed by atoms with E-state index >= 15 is 0 Å². The summed E-state index contributed by atoms with van der Waals surface area (Å²) in [7, 11) is 0. The average Bonchev–Trinajstić information content (AvgIpc) is 3.05. The number of amides is 3. The maximum Gasteiger partial charge on any atom is 0.325 e. The molecule has 26 heavy (non-hydrogen) atoms. The van der Waals surface area contributed by atoms with E-state index in [-0.39, 0.29) is 11.6 Å². The zero-order chi connectivity index (χ0) is 18.5. The molecule has 0 fully saturated rings. The Hall–Kier alpha value is -2.42. The van der Waals surface area contributed by atoms with Crippen LogP contribution in [0.5, 0.6) is 0 Å². The maximum atomic E-state index is 12.2. The van der Waals surface area contributed by atoms with Gasteiger partial charge in [0.2, 0.25) is 0 Å². The number of carbonyl (C=O) groups excluding carboxylic acids is 2. The lowest BCUT2D eigenvalue weighted by Gasteiger charge is -2.05. The van der Waals surface area contributed by atoms with Gasteiger partial charge in [0.25, 0.3) is 5.91 Å². The Balaban J connectivity index is 1.59. The van der Waals surface area contributed by atoms with Gasteiger partial charge in [-0.2, -0.15) is 0 Å². The Morgan fingerprint density at radius 3 is 2.50 bits per heavy atom. The van der Waals surface area contributed by atoms with Gasteiger partial charge in [0.05, 0.1) is 0 Å². The molecule has 0 saturated heterocycles. The molecule has 0 bridgehead atoms. The molecule has 3 amide bonds. The van der Waals surface area contributed by atoms with Crippen LogP contribution in [0.15, 0.2) is 58.4 Å². The summed E-state index contributed by atoms with van der Waals surface area (Å²) < 4.78 is 0.918. The van der Waals surface area contributed by atoms with Crippen molar-refractivity contribution in [3.05, 3.63) is 69.1 Å². The second-order valence-corrected chi connectivity index (χ2v) is 7.30. The Morgan fingerprint density at radius 1 is 1.00 bits per heavy atom. The summed E-state index contributed by atoms with van der Waals surface area (Å²) in [6, 6.07) is 13.5. The molecule has 132 valence electrons. The number of nitrogens with zero attached hydrogens (tertiary/aromatic N) is 1. The largest absolute Gasteiger partial charge is 0.325 e. The van der Waals surface area contributed by atoms with Gasteiger partial charge in [-0.05, 0) is 42.5 Å². The van der Waals surface area contributed by atoms with Crippen molar-refractivity contribution in [3.63, 3.8) is 0 Å². The van der Waals surface area contributed by atoms with Crippen LogP contribution in [0.25, 0.3) is 0 Å². The molecule has 0 saturated carbocycles. The molecule has 1 aromatic heterocycles. The van der Waals surface area contributed by atoms with Crippen LogP contribution in [0.1, 0.15) is 10.5 Å². The molecule has 0 spiro atoms. The standard InChI is InChI=1S/C17H12BrClN4O2S/c18-10-4-6-12(7-5-10)20-15(24)14-9-26-17(22-14)23-16(25)21-13-3-1-2-11(19)8-13/h1-9H,(H,20,24)(H2,21,22,23,25). The number of carbonyl (C=O) groups is 2. The molecule has 6 nitrogen and oxygen atoms in total. The average molecular weight is 452 g/mol. The highest BCUT2D eigenvalue weighted by Gasteiger charge is 2.13. The highest BCUT2D eigenvalue weighted by Crippen LogP contribution is 2.19. The second kappa shape index (κ2) is 8.31. The lowest BCUT2D eigenvalue weighted by Crippen LogP contribution is -2.19. The number of rotatable bonds is 4. The zero-order valence-electron chi connectivity index (χ0n) is 13.1. The number of halogens is 2. The molecule has 0 atom stereocenters. The zero-order valence-corrected chi connectivity index (χ0v) is 16.3. The summed E-state index contributed by atoms with van der Waals surface area (Å²) in [5.41, 5.74) is 1.43. The number of aromatic nitrogens is 1. The minimum Gasteiger partial charge on any atom is -0.321 e. The van der Waals surface area contributed by atoms with Gasteiger partial charge < -0.3 is 10.6 Å². The summed E-state index contributed by atoms with van der Waals surface area (Å²) in [4.78, 5) is 28.3. The fourth-order valence-electron chi connectivity index (χ4n) is 1.99. The molecule has 3 aromatic rings. The van der Waals surface area contributed by atoms with Crippen LogP contribution in [0.3, 0.4) is 0 Å². The Morgan fingerprint density at radius 2 is 1.77 bits per heavy atom. The summed E-state index contributed by atoms with van der Waals surface area (Å²) in [6.45, 7) is 0. The lowest BCUT2D eigenvalue weighted by atomic mass is 10.3. The van der Waals surface area contributed by atoms with Crippen molar-refractivity contribution in [1.82, 2.24) is 4.98 Å². The van der Waals surface area contributed by atoms with E-state index in [1.54, 1.807) is 41.8 Å². The Labute approximate surface area is 166 Å². The first-order valence-corrected chi connectivity index (χ1v) is 9.41. The molecule has 3 rings (SSSR count). The topological polar surface area (TPSA) is 83.1 Å². The summed E-state index contributed by atoms with van der Waals surface area (Å²) in [6.07, 6.45) is 0. The van der Waals surface area contributed by atoms with Gasteiger partial charge in [-0.3, -0.25) is 10.1 Å². The van der Waals surface area contributed by atoms with E-state index in [0.29, 0.717) is 21.5 Å². The highest BCUT2D eigenvalue weighted by molar-refractivity contribution is 9.10. The first kappa shape index (κ1) is 18.4. The first-order valence-electron chi connectivity index (χ1n) is 7.35. The number of anilines is 3. The number of hydrogen-bond donors (Lipinski definition) is 3. The van der Waals surface area contributed by atoms with Gasteiger partial charge in [-0.25, -0.2) is 9.78 Å². The summed E-state index contributed by atoms with van der Waals surface area (Å²) in [5, 5.41) is 10.4. The van der Waals surface area contributed by atoms with Crippen LogP contribution in [0, 0.1) is 0 Å². The normalized spacial score (nSPS) is 10.2. The molecular weight excluding hydrogens is 440 g/mol. The third-order valence-corrected chi connectivity index (χ3v) is 4.66. The molecule has 9 heteroatoms. The van der Waals surface area contributed by atoms with Gasteiger partial charge in [0.1, 0.15) is 5.69 Å². The van der Waals surface area contributed by atoms with E-state index in [2.05, 4.69) is 36.9 Å². The van der Waals surface area contributed by atoms with Gasteiger partial charge in [0, 0.05) is 26.3 Å². The number of urea groups is 1. The molecule has 0 aliphatic heterocycles. The van der Waals surface area contributed by atoms with Crippen molar-refractivity contribution in [2.24, 2.45) is 0 Å². The van der Waals surface area contributed by atoms with E-state index < -0.39 is 6.03 Å². The maximum absolute atomic E-state index is 12.2. The fraction of sp³-hybridized carbons (Fsp3) is 0. The molecule has 0 aliphatic carbocycles. The summed E-state index contributed by atoms with van der Waals surface area (Å²) >= 11 is 10.4. The number of hydrogen-bond acceptors (Lipinski definition) is 4. The van der Waals surface area contributed by atoms with Crippen LogP contribution in [0.4, 0.5) is 21.3 Å². The molecule has 3 N–H and O–H groups in total. The third-order valence-electron chi connectivity index (χ3n) is 3.14. The molecule has 2 aromatic carbocycles. The van der Waals surface area contributed by atoms with Gasteiger partial charge in [-0.1, -0.05) is 33.6 Å². The Bertz CT molecular complexity index is 946. The van der Waals surface area contributed by atoms with Crippen LogP contribution in [0.2, 0.25) is 5.02 Å². The van der Waals surface area contributed by atoms with Crippen molar-refractivity contribution in [3.8, 4) is 0 Å². The van der Waals surface area contributed by atoms with Crippen molar-refractivity contribution < 1.29 is 9.59 Å². The van der Waals surface area contributed by atoms with E-state index in [4.69, 9.17) is 11.6 Å². The Kier molecular flexibility index (Phi) is 5.87. The molecule has 0 aliphatic rings. The van der Waals surface area contributed by atoms with Crippen molar-refractivity contribution in [1.29, 1.82) is 0 Å². The predicted octanol–water partition coefficient (Wildman–Crippen LogP) is 5.46. The van der Waals surface area contributed by atoms with Gasteiger partial charge in [-0.15, -0.1) is 11.3 Å². The van der Waals surface area contributed by atoms with Crippen LogP contribution in [-0.2, 0) is 0 Å². The molecule has 0 radical (unpaired) electrons. The van der Waals surface area contributed by atoms with Crippen LogP contribution in [-0.4, -0.2) is 16.9 Å². The van der Waals surface area contributed by atoms with E-state index in [0.717, 1.165) is 15.8 Å². The van der Waals surface area contributed by atoms with Crippen molar-refractivity contribution in [2.45, 2.75) is 0 Å². The predicted molar refractivity (Wildman–Crippen MR) is 108 cm³/mol. The first-order chi connectivity index (χ1) is 12.5. The minimum atomic E-state index is -0.471. The lowest BCUT2D eigenvalue weighted by molar-refractivity contribution is 0.102. The summed E-state index contributed by atoms with van der Waals surface area (Å²) in [5.74, 6) is -0.355. The van der Waals surface area contributed by atoms with Gasteiger partial charge >= 0.3 is 6.03 Å². The minimum absolute atomic E-state index is 0.218. The fourth-order valence-corrected chi connectivity index (χ4v) is 3.13. The molecular formula is C17H12BrClN4O2S. The number of thiazole rings is 1.